The Morgan fingerprint density at radius 1 is 1.48 bits per heavy atom. The average molecular weight is 332 g/mol. The highest BCUT2D eigenvalue weighted by atomic mass is 32.2. The molecule has 0 aliphatic heterocycles. The van der Waals surface area contributed by atoms with Gasteiger partial charge in [0.15, 0.2) is 0 Å². The fraction of sp³-hybridized carbons (Fsp3) is 0.462. The maximum absolute atomic E-state index is 11.4. The van der Waals surface area contributed by atoms with Crippen molar-refractivity contribution in [1.82, 2.24) is 0 Å². The van der Waals surface area contributed by atoms with Crippen molar-refractivity contribution in [3.8, 4) is 0 Å². The van der Waals surface area contributed by atoms with Gasteiger partial charge in [0.05, 0.1) is 16.1 Å². The number of benzene rings is 1. The summed E-state index contributed by atoms with van der Waals surface area (Å²) in [7, 11) is -2.11. The van der Waals surface area contributed by atoms with Gasteiger partial charge in [0.25, 0.3) is 0 Å². The normalized spacial score (nSPS) is 13.0. The smallest absolute Gasteiger partial charge is 0.337 e. The summed E-state index contributed by atoms with van der Waals surface area (Å²) >= 11 is 1.67. The van der Waals surface area contributed by atoms with E-state index in [0.29, 0.717) is 5.69 Å². The molecule has 1 rings (SSSR count). The van der Waals surface area contributed by atoms with Crippen LogP contribution in [0.25, 0.3) is 0 Å². The molecule has 1 atom stereocenters. The predicted molar refractivity (Wildman–Crippen MR) is 85.6 cm³/mol. The second-order valence-corrected chi connectivity index (χ2v) is 7.13. The summed E-state index contributed by atoms with van der Waals surface area (Å²) in [6.07, 6.45) is 2.84. The van der Waals surface area contributed by atoms with Crippen LogP contribution >= 0.6 is 11.8 Å². The highest BCUT2D eigenvalue weighted by molar-refractivity contribution is 7.98. The average Bonchev–Trinajstić information content (AvgIpc) is 2.42. The lowest BCUT2D eigenvalue weighted by atomic mass is 10.1. The maximum atomic E-state index is 11.4. The van der Waals surface area contributed by atoms with Crippen LogP contribution in [0.5, 0.6) is 0 Å². The van der Waals surface area contributed by atoms with E-state index >= 15 is 0 Å². The second-order valence-electron chi connectivity index (χ2n) is 4.66. The third-order valence-electron chi connectivity index (χ3n) is 3.28. The van der Waals surface area contributed by atoms with Gasteiger partial charge < -0.3 is 10.0 Å². The fourth-order valence-corrected chi connectivity index (χ4v) is 3.45. The number of thioether (sulfide) groups is 1. The molecule has 0 aromatic heterocycles. The standard InChI is InChI=1S/C13H20N2O4S2/c1-4-9(8-20-3)15(2)12-6-5-10(21(14,18)19)7-11(12)13(16)17/h5-7,9H,4,8H2,1-3H3,(H,16,17)(H2,14,18,19). The Labute approximate surface area is 129 Å². The first kappa shape index (κ1) is 17.8. The zero-order valence-corrected chi connectivity index (χ0v) is 13.9. The Kier molecular flexibility index (Phi) is 6.06. The summed E-state index contributed by atoms with van der Waals surface area (Å²) < 4.78 is 22.7. The summed E-state index contributed by atoms with van der Waals surface area (Å²) in [4.78, 5) is 13.1. The molecule has 0 amide bonds. The molecule has 118 valence electrons. The van der Waals surface area contributed by atoms with Crippen LogP contribution in [0.1, 0.15) is 23.7 Å². The fourth-order valence-electron chi connectivity index (χ4n) is 2.06. The minimum absolute atomic E-state index is 0.0661. The maximum Gasteiger partial charge on any atom is 0.337 e. The monoisotopic (exact) mass is 332 g/mol. The Morgan fingerprint density at radius 2 is 2.10 bits per heavy atom. The first-order valence-electron chi connectivity index (χ1n) is 6.34. The van der Waals surface area contributed by atoms with Gasteiger partial charge in [-0.05, 0) is 30.9 Å². The first-order valence-corrected chi connectivity index (χ1v) is 9.28. The number of hydrogen-bond acceptors (Lipinski definition) is 5. The number of aromatic carboxylic acids is 1. The van der Waals surface area contributed by atoms with Crippen molar-refractivity contribution >= 4 is 33.4 Å². The van der Waals surface area contributed by atoms with Gasteiger partial charge in [0.2, 0.25) is 10.0 Å². The topological polar surface area (TPSA) is 101 Å². The lowest BCUT2D eigenvalue weighted by molar-refractivity contribution is 0.0697. The third-order valence-corrected chi connectivity index (χ3v) is 4.91. The van der Waals surface area contributed by atoms with Crippen molar-refractivity contribution in [2.45, 2.75) is 24.3 Å². The number of carboxylic acid groups (broad SMARTS) is 1. The molecule has 6 nitrogen and oxygen atoms in total. The second kappa shape index (κ2) is 7.15. The molecule has 1 aromatic carbocycles. The Bertz CT molecular complexity index is 617. The van der Waals surface area contributed by atoms with Gasteiger partial charge in [0, 0.05) is 18.8 Å². The zero-order valence-electron chi connectivity index (χ0n) is 12.2. The molecule has 8 heteroatoms. The largest absolute Gasteiger partial charge is 0.478 e. The summed E-state index contributed by atoms with van der Waals surface area (Å²) in [5, 5.41) is 14.4. The highest BCUT2D eigenvalue weighted by Gasteiger charge is 2.21. The van der Waals surface area contributed by atoms with Crippen molar-refractivity contribution in [2.24, 2.45) is 5.14 Å². The SMILES string of the molecule is CCC(CSC)N(C)c1ccc(S(N)(=O)=O)cc1C(=O)O. The number of primary sulfonamides is 1. The lowest BCUT2D eigenvalue weighted by Gasteiger charge is -2.30. The molecule has 0 bridgehead atoms. The number of anilines is 1. The van der Waals surface area contributed by atoms with Gasteiger partial charge in [-0.15, -0.1) is 0 Å². The molecular weight excluding hydrogens is 312 g/mol. The molecule has 3 N–H and O–H groups in total. The van der Waals surface area contributed by atoms with Crippen molar-refractivity contribution < 1.29 is 18.3 Å². The number of carboxylic acids is 1. The molecule has 0 radical (unpaired) electrons. The van der Waals surface area contributed by atoms with Crippen LogP contribution in [0.2, 0.25) is 0 Å². The molecule has 21 heavy (non-hydrogen) atoms. The van der Waals surface area contributed by atoms with Gasteiger partial charge in [-0.25, -0.2) is 18.4 Å². The van der Waals surface area contributed by atoms with Crippen molar-refractivity contribution in [2.75, 3.05) is 24.0 Å². The number of carbonyl (C=O) groups is 1. The number of nitrogens with zero attached hydrogens (tertiary/aromatic N) is 1. The van der Waals surface area contributed by atoms with E-state index in [4.69, 9.17) is 5.14 Å². The van der Waals surface area contributed by atoms with Crippen molar-refractivity contribution in [3.05, 3.63) is 23.8 Å². The molecule has 1 unspecified atom stereocenters. The molecule has 0 saturated heterocycles. The minimum atomic E-state index is -3.92. The van der Waals surface area contributed by atoms with E-state index in [1.165, 1.54) is 12.1 Å². The van der Waals surface area contributed by atoms with E-state index in [2.05, 4.69) is 0 Å². The van der Waals surface area contributed by atoms with E-state index in [-0.39, 0.29) is 16.5 Å². The van der Waals surface area contributed by atoms with Crippen LogP contribution in [-0.4, -0.2) is 44.6 Å². The van der Waals surface area contributed by atoms with E-state index in [1.807, 2.05) is 25.1 Å². The molecule has 0 fully saturated rings. The minimum Gasteiger partial charge on any atom is -0.478 e. The zero-order chi connectivity index (χ0) is 16.2. The van der Waals surface area contributed by atoms with Crippen LogP contribution in [0, 0.1) is 0 Å². The van der Waals surface area contributed by atoms with Gasteiger partial charge >= 0.3 is 5.97 Å². The third kappa shape index (κ3) is 4.36. The molecule has 1 aromatic rings. The van der Waals surface area contributed by atoms with Crippen LogP contribution in [0.4, 0.5) is 5.69 Å². The quantitative estimate of drug-likeness (QED) is 0.787. The van der Waals surface area contributed by atoms with Gasteiger partial charge in [0.1, 0.15) is 0 Å². The number of rotatable bonds is 7. The van der Waals surface area contributed by atoms with Gasteiger partial charge in [-0.3, -0.25) is 0 Å². The molecular formula is C13H20N2O4S2. The molecule has 0 aliphatic carbocycles. The van der Waals surface area contributed by atoms with Crippen molar-refractivity contribution in [1.29, 1.82) is 0 Å². The number of hydrogen-bond donors (Lipinski definition) is 2. The molecule has 0 aliphatic rings. The number of sulfonamides is 1. The van der Waals surface area contributed by atoms with Crippen LogP contribution in [0.15, 0.2) is 23.1 Å². The summed E-state index contributed by atoms with van der Waals surface area (Å²) in [5.41, 5.74) is 0.416. The first-order chi connectivity index (χ1) is 9.72. The summed E-state index contributed by atoms with van der Waals surface area (Å²) in [6, 6.07) is 4.10. The van der Waals surface area contributed by atoms with Crippen molar-refractivity contribution in [3.63, 3.8) is 0 Å². The highest BCUT2D eigenvalue weighted by Crippen LogP contribution is 2.26. The van der Waals surface area contributed by atoms with E-state index in [0.717, 1.165) is 18.2 Å². The Morgan fingerprint density at radius 3 is 2.52 bits per heavy atom. The Balaban J connectivity index is 3.33. The van der Waals surface area contributed by atoms with E-state index in [1.54, 1.807) is 11.8 Å². The van der Waals surface area contributed by atoms with Crippen LogP contribution < -0.4 is 10.0 Å². The Hall–Kier alpha value is -1.25. The summed E-state index contributed by atoms with van der Waals surface area (Å²) in [5.74, 6) is -0.329. The predicted octanol–water partition coefficient (Wildman–Crippen LogP) is 1.61. The number of nitrogens with two attached hydrogens (primary N) is 1. The van der Waals surface area contributed by atoms with Crippen LogP contribution in [0.3, 0.4) is 0 Å². The summed E-state index contributed by atoms with van der Waals surface area (Å²) in [6.45, 7) is 2.02. The van der Waals surface area contributed by atoms with E-state index < -0.39 is 16.0 Å². The molecule has 0 saturated carbocycles. The van der Waals surface area contributed by atoms with Gasteiger partial charge in [-0.2, -0.15) is 11.8 Å². The molecule has 0 spiro atoms. The lowest BCUT2D eigenvalue weighted by Crippen LogP contribution is -2.34. The molecule has 0 heterocycles. The van der Waals surface area contributed by atoms with Crippen LogP contribution in [-0.2, 0) is 10.0 Å². The van der Waals surface area contributed by atoms with E-state index in [9.17, 15) is 18.3 Å². The van der Waals surface area contributed by atoms with Gasteiger partial charge in [-0.1, -0.05) is 6.92 Å².